The number of unbranched alkanes of at least 4 members (excludes halogenated alkanes) is 3. The fraction of sp³-hybridized carbons (Fsp3) is 0.611. The molecule has 0 aromatic heterocycles. The number of ether oxygens (including phenoxy) is 1. The van der Waals surface area contributed by atoms with Gasteiger partial charge >= 0.3 is 0 Å². The normalized spacial score (nSPS) is 11.1. The molecule has 0 saturated carbocycles. The third-order valence-corrected chi connectivity index (χ3v) is 2.91. The van der Waals surface area contributed by atoms with Crippen LogP contribution in [-0.4, -0.2) is 19.1 Å². The summed E-state index contributed by atoms with van der Waals surface area (Å²) >= 11 is 5.54. The molecule has 0 aliphatic carbocycles. The van der Waals surface area contributed by atoms with Gasteiger partial charge in [-0.3, -0.25) is 0 Å². The molecule has 0 aromatic rings. The summed E-state index contributed by atoms with van der Waals surface area (Å²) in [6, 6.07) is 0. The van der Waals surface area contributed by atoms with Gasteiger partial charge in [-0.1, -0.05) is 44.1 Å². The quantitative estimate of drug-likeness (QED) is 0.180. The Morgan fingerprint density at radius 2 is 1.75 bits per heavy atom. The zero-order valence-corrected chi connectivity index (χ0v) is 13.6. The SMILES string of the molecule is CCCCCC=CCC=CCOCCC=C=CCCCl. The predicted molar refractivity (Wildman–Crippen MR) is 90.5 cm³/mol. The van der Waals surface area contributed by atoms with E-state index in [-0.39, 0.29) is 0 Å². The van der Waals surface area contributed by atoms with Gasteiger partial charge in [-0.25, -0.2) is 0 Å². The van der Waals surface area contributed by atoms with E-state index < -0.39 is 0 Å². The van der Waals surface area contributed by atoms with E-state index in [1.54, 1.807) is 0 Å². The molecule has 0 spiro atoms. The predicted octanol–water partition coefficient (Wildman–Crippen LogP) is 5.82. The van der Waals surface area contributed by atoms with Crippen LogP contribution in [0.15, 0.2) is 42.2 Å². The van der Waals surface area contributed by atoms with Crippen molar-refractivity contribution < 1.29 is 4.74 Å². The molecule has 0 amide bonds. The molecule has 0 rings (SSSR count). The zero-order valence-electron chi connectivity index (χ0n) is 12.8. The Morgan fingerprint density at radius 3 is 2.55 bits per heavy atom. The zero-order chi connectivity index (χ0) is 14.7. The van der Waals surface area contributed by atoms with Crippen molar-refractivity contribution in [1.29, 1.82) is 0 Å². The van der Waals surface area contributed by atoms with Crippen molar-refractivity contribution in [1.82, 2.24) is 0 Å². The van der Waals surface area contributed by atoms with E-state index >= 15 is 0 Å². The lowest BCUT2D eigenvalue weighted by molar-refractivity contribution is 0.167. The fourth-order valence-corrected chi connectivity index (χ4v) is 1.68. The summed E-state index contributed by atoms with van der Waals surface area (Å²) in [7, 11) is 0. The smallest absolute Gasteiger partial charge is 0.0647 e. The second-order valence-electron chi connectivity index (χ2n) is 4.59. The molecule has 1 nitrogen and oxygen atoms in total. The maximum atomic E-state index is 5.54. The van der Waals surface area contributed by atoms with Crippen LogP contribution < -0.4 is 0 Å². The number of hydrogen-bond donors (Lipinski definition) is 0. The molecule has 0 N–H and O–H groups in total. The van der Waals surface area contributed by atoms with Gasteiger partial charge in [0.25, 0.3) is 0 Å². The highest BCUT2D eigenvalue weighted by atomic mass is 35.5. The maximum absolute atomic E-state index is 5.54. The van der Waals surface area contributed by atoms with Crippen molar-refractivity contribution in [3.63, 3.8) is 0 Å². The summed E-state index contributed by atoms with van der Waals surface area (Å²) in [6.45, 7) is 3.68. The molecule has 0 fully saturated rings. The standard InChI is InChI=1S/C18H29ClO/c1-2-3-4-5-6-7-8-11-14-17-20-18-15-12-9-10-13-16-19/h6-7,10-12,14H,2-5,8,13,15-18H2,1H3. The van der Waals surface area contributed by atoms with Crippen LogP contribution in [0.3, 0.4) is 0 Å². The van der Waals surface area contributed by atoms with Crippen LogP contribution in [0.2, 0.25) is 0 Å². The van der Waals surface area contributed by atoms with Crippen LogP contribution in [0.4, 0.5) is 0 Å². The molecule has 114 valence electrons. The average Bonchev–Trinajstić information content (AvgIpc) is 2.47. The minimum Gasteiger partial charge on any atom is -0.377 e. The topological polar surface area (TPSA) is 9.23 Å². The summed E-state index contributed by atoms with van der Waals surface area (Å²) in [5, 5.41) is 0. The molecule has 0 aromatic carbocycles. The number of rotatable bonds is 13. The van der Waals surface area contributed by atoms with Crippen LogP contribution in [0, 0.1) is 0 Å². The fourth-order valence-electron chi connectivity index (χ4n) is 1.57. The summed E-state index contributed by atoms with van der Waals surface area (Å²) < 4.78 is 5.48. The van der Waals surface area contributed by atoms with E-state index in [0.29, 0.717) is 12.5 Å². The van der Waals surface area contributed by atoms with Crippen molar-refractivity contribution in [2.45, 2.75) is 51.9 Å². The van der Waals surface area contributed by atoms with Crippen molar-refractivity contribution in [3.05, 3.63) is 42.2 Å². The van der Waals surface area contributed by atoms with Crippen molar-refractivity contribution in [2.75, 3.05) is 19.1 Å². The first-order valence-electron chi connectivity index (χ1n) is 7.75. The number of hydrogen-bond acceptors (Lipinski definition) is 1. The highest BCUT2D eigenvalue weighted by Crippen LogP contribution is 2.00. The van der Waals surface area contributed by atoms with E-state index in [2.05, 4.69) is 37.0 Å². The van der Waals surface area contributed by atoms with Gasteiger partial charge in [0.2, 0.25) is 0 Å². The lowest BCUT2D eigenvalue weighted by atomic mass is 10.2. The third-order valence-electron chi connectivity index (χ3n) is 2.69. The molecular formula is C18H29ClO. The lowest BCUT2D eigenvalue weighted by Gasteiger charge is -1.95. The van der Waals surface area contributed by atoms with E-state index in [1.165, 1.54) is 25.7 Å². The van der Waals surface area contributed by atoms with Crippen molar-refractivity contribution in [2.24, 2.45) is 0 Å². The number of halogens is 1. The van der Waals surface area contributed by atoms with Crippen molar-refractivity contribution in [3.8, 4) is 0 Å². The first-order chi connectivity index (χ1) is 9.91. The van der Waals surface area contributed by atoms with Gasteiger partial charge in [-0.2, -0.15) is 0 Å². The van der Waals surface area contributed by atoms with Crippen LogP contribution in [0.25, 0.3) is 0 Å². The molecule has 0 saturated heterocycles. The molecule has 0 radical (unpaired) electrons. The second-order valence-corrected chi connectivity index (χ2v) is 4.97. The molecule has 0 atom stereocenters. The largest absolute Gasteiger partial charge is 0.377 e. The molecule has 2 heteroatoms. The summed E-state index contributed by atoms with van der Waals surface area (Å²) in [6.07, 6.45) is 20.7. The van der Waals surface area contributed by atoms with E-state index in [4.69, 9.17) is 16.3 Å². The molecule has 0 aliphatic rings. The Morgan fingerprint density at radius 1 is 0.950 bits per heavy atom. The van der Waals surface area contributed by atoms with E-state index in [0.717, 1.165) is 25.9 Å². The first-order valence-corrected chi connectivity index (χ1v) is 8.28. The summed E-state index contributed by atoms with van der Waals surface area (Å²) in [5.41, 5.74) is 3.08. The lowest BCUT2D eigenvalue weighted by Crippen LogP contribution is -1.91. The summed E-state index contributed by atoms with van der Waals surface area (Å²) in [5.74, 6) is 0.662. The minimum absolute atomic E-state index is 0.662. The second kappa shape index (κ2) is 18.2. The molecule has 20 heavy (non-hydrogen) atoms. The van der Waals surface area contributed by atoms with Gasteiger partial charge < -0.3 is 4.74 Å². The Labute approximate surface area is 130 Å². The van der Waals surface area contributed by atoms with Crippen LogP contribution in [-0.2, 0) is 4.74 Å². The molecule has 0 heterocycles. The van der Waals surface area contributed by atoms with Crippen molar-refractivity contribution >= 4 is 11.6 Å². The van der Waals surface area contributed by atoms with Gasteiger partial charge in [0.1, 0.15) is 0 Å². The Balaban J connectivity index is 3.29. The van der Waals surface area contributed by atoms with Gasteiger partial charge in [0, 0.05) is 5.88 Å². The third kappa shape index (κ3) is 17.2. The van der Waals surface area contributed by atoms with E-state index in [1.807, 2.05) is 12.2 Å². The van der Waals surface area contributed by atoms with Crippen LogP contribution in [0.5, 0.6) is 0 Å². The highest BCUT2D eigenvalue weighted by molar-refractivity contribution is 6.17. The van der Waals surface area contributed by atoms with E-state index in [9.17, 15) is 0 Å². The number of allylic oxidation sites excluding steroid dienone is 3. The minimum atomic E-state index is 0.662. The van der Waals surface area contributed by atoms with Crippen LogP contribution >= 0.6 is 11.6 Å². The Kier molecular flexibility index (Phi) is 17.6. The Bertz CT molecular complexity index is 299. The van der Waals surface area contributed by atoms with Gasteiger partial charge in [-0.05, 0) is 44.3 Å². The molecular weight excluding hydrogens is 268 g/mol. The van der Waals surface area contributed by atoms with Gasteiger partial charge in [-0.15, -0.1) is 17.3 Å². The molecule has 0 unspecified atom stereocenters. The number of alkyl halides is 1. The van der Waals surface area contributed by atoms with Gasteiger partial charge in [0.15, 0.2) is 0 Å². The molecule has 0 bridgehead atoms. The van der Waals surface area contributed by atoms with Crippen LogP contribution in [0.1, 0.15) is 51.9 Å². The monoisotopic (exact) mass is 296 g/mol. The maximum Gasteiger partial charge on any atom is 0.0647 e. The Hall–Kier alpha value is -0.750. The first kappa shape index (κ1) is 19.2. The van der Waals surface area contributed by atoms with Gasteiger partial charge in [0.05, 0.1) is 13.2 Å². The average molecular weight is 297 g/mol. The summed E-state index contributed by atoms with van der Waals surface area (Å²) in [4.78, 5) is 0. The molecule has 0 aliphatic heterocycles. The highest BCUT2D eigenvalue weighted by Gasteiger charge is 1.82.